The molecule has 0 radical (unpaired) electrons. The van der Waals surface area contributed by atoms with E-state index in [2.05, 4.69) is 0 Å². The van der Waals surface area contributed by atoms with E-state index in [1.807, 2.05) is 0 Å². The standard InChI is InChI=1S/C13H12ClF5N2O/c14-8-4-10(16)9(15)3-7(8)12(22)21-5-6(20)1-2-11(21)13(17,18)19/h3-4,6,11H,1-2,5,20H2/t6-,11+/m0/s1. The first-order chi connectivity index (χ1) is 10.1. The largest absolute Gasteiger partial charge is 0.408 e. The summed E-state index contributed by atoms with van der Waals surface area (Å²) in [6.45, 7) is -0.335. The molecule has 2 atom stereocenters. The van der Waals surface area contributed by atoms with Gasteiger partial charge in [0.2, 0.25) is 0 Å². The highest BCUT2D eigenvalue weighted by atomic mass is 35.5. The second-order valence-corrected chi connectivity index (χ2v) is 5.51. The van der Waals surface area contributed by atoms with Crippen LogP contribution in [0.4, 0.5) is 22.0 Å². The third kappa shape index (κ3) is 3.33. The summed E-state index contributed by atoms with van der Waals surface area (Å²) < 4.78 is 65.4. The van der Waals surface area contributed by atoms with Crippen LogP contribution < -0.4 is 5.73 Å². The molecule has 1 aromatic carbocycles. The van der Waals surface area contributed by atoms with Gasteiger partial charge in [-0.1, -0.05) is 11.6 Å². The molecular formula is C13H12ClF5N2O. The highest BCUT2D eigenvalue weighted by molar-refractivity contribution is 6.33. The van der Waals surface area contributed by atoms with Crippen molar-refractivity contribution >= 4 is 17.5 Å². The van der Waals surface area contributed by atoms with Crippen LogP contribution >= 0.6 is 11.6 Å². The molecule has 0 bridgehead atoms. The van der Waals surface area contributed by atoms with Gasteiger partial charge in [0.25, 0.3) is 5.91 Å². The van der Waals surface area contributed by atoms with Crippen LogP contribution in [0.3, 0.4) is 0 Å². The van der Waals surface area contributed by atoms with Gasteiger partial charge in [0.1, 0.15) is 6.04 Å². The Balaban J connectivity index is 2.39. The van der Waals surface area contributed by atoms with Crippen molar-refractivity contribution < 1.29 is 26.7 Å². The fraction of sp³-hybridized carbons (Fsp3) is 0.462. The molecule has 22 heavy (non-hydrogen) atoms. The van der Waals surface area contributed by atoms with Gasteiger partial charge in [0.05, 0.1) is 10.6 Å². The Bertz CT molecular complexity index is 593. The maximum Gasteiger partial charge on any atom is 0.408 e. The summed E-state index contributed by atoms with van der Waals surface area (Å²) in [5.74, 6) is -3.77. The highest BCUT2D eigenvalue weighted by Gasteiger charge is 2.48. The second kappa shape index (κ2) is 6.00. The van der Waals surface area contributed by atoms with E-state index in [9.17, 15) is 26.7 Å². The first kappa shape index (κ1) is 17.0. The van der Waals surface area contributed by atoms with E-state index in [-0.39, 0.29) is 19.4 Å². The molecule has 2 rings (SSSR count). The van der Waals surface area contributed by atoms with Crippen LogP contribution in [-0.2, 0) is 0 Å². The number of carbonyl (C=O) groups is 1. The van der Waals surface area contributed by atoms with E-state index in [1.165, 1.54) is 0 Å². The molecule has 122 valence electrons. The van der Waals surface area contributed by atoms with Gasteiger partial charge < -0.3 is 10.6 Å². The molecule has 0 aromatic heterocycles. The lowest BCUT2D eigenvalue weighted by molar-refractivity contribution is -0.184. The van der Waals surface area contributed by atoms with E-state index in [1.54, 1.807) is 0 Å². The Kier molecular flexibility index (Phi) is 4.62. The van der Waals surface area contributed by atoms with Crippen LogP contribution in [0, 0.1) is 11.6 Å². The number of halogens is 6. The minimum atomic E-state index is -4.64. The number of hydrogen-bond acceptors (Lipinski definition) is 2. The van der Waals surface area contributed by atoms with Gasteiger partial charge in [0.15, 0.2) is 11.6 Å². The topological polar surface area (TPSA) is 46.3 Å². The molecule has 1 aromatic rings. The third-order valence-electron chi connectivity index (χ3n) is 3.50. The van der Waals surface area contributed by atoms with E-state index in [0.717, 1.165) is 0 Å². The zero-order valence-electron chi connectivity index (χ0n) is 11.1. The van der Waals surface area contributed by atoms with Crippen molar-refractivity contribution in [2.24, 2.45) is 5.73 Å². The summed E-state index contributed by atoms with van der Waals surface area (Å²) in [6, 6.07) is -1.60. The van der Waals surface area contributed by atoms with E-state index >= 15 is 0 Å². The number of benzene rings is 1. The summed E-state index contributed by atoms with van der Waals surface area (Å²) in [7, 11) is 0. The highest BCUT2D eigenvalue weighted by Crippen LogP contribution is 2.33. The van der Waals surface area contributed by atoms with Gasteiger partial charge in [-0.2, -0.15) is 13.2 Å². The predicted octanol–water partition coefficient (Wildman–Crippen LogP) is 3.11. The number of hydrogen-bond donors (Lipinski definition) is 1. The molecule has 0 aliphatic carbocycles. The lowest BCUT2D eigenvalue weighted by Crippen LogP contribution is -2.56. The van der Waals surface area contributed by atoms with Crippen molar-refractivity contribution in [1.29, 1.82) is 0 Å². The molecule has 2 N–H and O–H groups in total. The van der Waals surface area contributed by atoms with Gasteiger partial charge in [-0.15, -0.1) is 0 Å². The molecule has 1 amide bonds. The monoisotopic (exact) mass is 342 g/mol. The van der Waals surface area contributed by atoms with Gasteiger partial charge in [-0.3, -0.25) is 4.79 Å². The number of nitrogens with zero attached hydrogens (tertiary/aromatic N) is 1. The molecule has 3 nitrogen and oxygen atoms in total. The number of rotatable bonds is 1. The first-order valence-electron chi connectivity index (χ1n) is 6.39. The zero-order chi connectivity index (χ0) is 16.7. The summed E-state index contributed by atoms with van der Waals surface area (Å²) in [6.07, 6.45) is -4.88. The molecule has 0 saturated carbocycles. The molecule has 1 aliphatic rings. The maximum atomic E-state index is 13.2. The Hall–Kier alpha value is -1.41. The quantitative estimate of drug-likeness (QED) is 0.629. The van der Waals surface area contributed by atoms with Crippen LogP contribution in [0.2, 0.25) is 5.02 Å². The lowest BCUT2D eigenvalue weighted by Gasteiger charge is -2.39. The number of nitrogens with two attached hydrogens (primary N) is 1. The van der Waals surface area contributed by atoms with Crippen molar-refractivity contribution in [3.05, 3.63) is 34.4 Å². The van der Waals surface area contributed by atoms with E-state index in [4.69, 9.17) is 17.3 Å². The molecule has 1 heterocycles. The molecule has 1 saturated heterocycles. The van der Waals surface area contributed by atoms with Crippen LogP contribution in [0.25, 0.3) is 0 Å². The normalized spacial score (nSPS) is 22.8. The van der Waals surface area contributed by atoms with Gasteiger partial charge >= 0.3 is 6.18 Å². The van der Waals surface area contributed by atoms with Crippen LogP contribution in [-0.4, -0.2) is 35.6 Å². The minimum Gasteiger partial charge on any atom is -0.326 e. The van der Waals surface area contributed by atoms with Gasteiger partial charge in [-0.05, 0) is 25.0 Å². The Morgan fingerprint density at radius 2 is 1.82 bits per heavy atom. The second-order valence-electron chi connectivity index (χ2n) is 5.10. The molecule has 0 unspecified atom stereocenters. The first-order valence-corrected chi connectivity index (χ1v) is 6.77. The molecule has 1 aliphatic heterocycles. The van der Waals surface area contributed by atoms with Crippen molar-refractivity contribution in [2.45, 2.75) is 31.1 Å². The Labute approximate surface area is 127 Å². The zero-order valence-corrected chi connectivity index (χ0v) is 11.9. The molecule has 1 fully saturated rings. The lowest BCUT2D eigenvalue weighted by atomic mass is 9.97. The number of piperidine rings is 1. The number of likely N-dealkylation sites (tertiary alicyclic amines) is 1. The van der Waals surface area contributed by atoms with Crippen molar-refractivity contribution in [1.82, 2.24) is 4.90 Å². The molecule has 0 spiro atoms. The number of amides is 1. The number of alkyl halides is 3. The summed E-state index contributed by atoms with van der Waals surface area (Å²) in [4.78, 5) is 12.8. The molecular weight excluding hydrogens is 331 g/mol. The van der Waals surface area contributed by atoms with Gasteiger partial charge in [-0.25, -0.2) is 8.78 Å². The molecule has 9 heteroatoms. The third-order valence-corrected chi connectivity index (χ3v) is 3.81. The van der Waals surface area contributed by atoms with Gasteiger partial charge in [0, 0.05) is 12.6 Å². The average Bonchev–Trinajstić information content (AvgIpc) is 2.40. The number of carbonyl (C=O) groups excluding carboxylic acids is 1. The average molecular weight is 343 g/mol. The van der Waals surface area contributed by atoms with Crippen LogP contribution in [0.15, 0.2) is 12.1 Å². The Morgan fingerprint density at radius 1 is 1.23 bits per heavy atom. The summed E-state index contributed by atoms with van der Waals surface area (Å²) in [5, 5.41) is -0.455. The minimum absolute atomic E-state index is 0.111. The van der Waals surface area contributed by atoms with Crippen molar-refractivity contribution in [2.75, 3.05) is 6.54 Å². The van der Waals surface area contributed by atoms with Crippen LogP contribution in [0.1, 0.15) is 23.2 Å². The summed E-state index contributed by atoms with van der Waals surface area (Å²) in [5.41, 5.74) is 5.09. The maximum absolute atomic E-state index is 13.2. The smallest absolute Gasteiger partial charge is 0.326 e. The fourth-order valence-corrected chi connectivity index (χ4v) is 2.64. The van der Waals surface area contributed by atoms with Crippen LogP contribution in [0.5, 0.6) is 0 Å². The van der Waals surface area contributed by atoms with Crippen molar-refractivity contribution in [3.63, 3.8) is 0 Å². The predicted molar refractivity (Wildman–Crippen MR) is 69.5 cm³/mol. The Morgan fingerprint density at radius 3 is 2.41 bits per heavy atom. The fourth-order valence-electron chi connectivity index (χ4n) is 2.40. The SMILES string of the molecule is N[C@H]1CC[C@H](C(F)(F)F)N(C(=O)c2cc(F)c(F)cc2Cl)C1. The summed E-state index contributed by atoms with van der Waals surface area (Å²) >= 11 is 5.65. The van der Waals surface area contributed by atoms with E-state index in [0.29, 0.717) is 17.0 Å². The van der Waals surface area contributed by atoms with E-state index < -0.39 is 46.4 Å². The van der Waals surface area contributed by atoms with Crippen molar-refractivity contribution in [3.8, 4) is 0 Å².